The summed E-state index contributed by atoms with van der Waals surface area (Å²) in [5, 5.41) is 4.49. The van der Waals surface area contributed by atoms with E-state index in [2.05, 4.69) is 5.10 Å². The highest BCUT2D eigenvalue weighted by Crippen LogP contribution is 2.38. The summed E-state index contributed by atoms with van der Waals surface area (Å²) < 4.78 is 52.1. The smallest absolute Gasteiger partial charge is 0.279 e. The fourth-order valence-electron chi connectivity index (χ4n) is 3.49. The average Bonchev–Trinajstić information content (AvgIpc) is 3.26. The van der Waals surface area contributed by atoms with Crippen LogP contribution in [0.2, 0.25) is 0 Å². The lowest BCUT2D eigenvalue weighted by molar-refractivity contribution is 0.371. The van der Waals surface area contributed by atoms with Crippen molar-refractivity contribution in [1.82, 2.24) is 4.41 Å². The fraction of sp³-hybridized carbons (Fsp3) is 0.174. The van der Waals surface area contributed by atoms with Crippen LogP contribution in [0.4, 0.5) is 4.39 Å². The second-order valence-corrected chi connectivity index (χ2v) is 8.81. The summed E-state index contributed by atoms with van der Waals surface area (Å²) in [7, 11) is -0.841. The molecule has 8 heteroatoms. The first-order valence-corrected chi connectivity index (χ1v) is 11.0. The second kappa shape index (κ2) is 8.39. The maximum absolute atomic E-state index is 13.5. The zero-order valence-electron chi connectivity index (χ0n) is 17.0. The molecule has 0 amide bonds. The number of ether oxygens (including phenoxy) is 2. The first-order chi connectivity index (χ1) is 14.9. The second-order valence-electron chi connectivity index (χ2n) is 7.01. The molecule has 0 saturated heterocycles. The van der Waals surface area contributed by atoms with E-state index in [4.69, 9.17) is 9.47 Å². The molecule has 3 aromatic carbocycles. The maximum atomic E-state index is 13.5. The van der Waals surface area contributed by atoms with Crippen LogP contribution in [-0.4, -0.2) is 32.8 Å². The molecule has 1 aliphatic rings. The van der Waals surface area contributed by atoms with Gasteiger partial charge in [-0.1, -0.05) is 30.3 Å². The zero-order valence-corrected chi connectivity index (χ0v) is 17.8. The van der Waals surface area contributed by atoms with Gasteiger partial charge in [-0.25, -0.2) is 4.39 Å². The summed E-state index contributed by atoms with van der Waals surface area (Å²) in [5.41, 5.74) is 1.90. The molecule has 0 saturated carbocycles. The van der Waals surface area contributed by atoms with Gasteiger partial charge in [-0.05, 0) is 42.0 Å². The molecule has 6 nitrogen and oxygen atoms in total. The van der Waals surface area contributed by atoms with Crippen LogP contribution in [0, 0.1) is 5.82 Å². The highest BCUT2D eigenvalue weighted by molar-refractivity contribution is 7.89. The van der Waals surface area contributed by atoms with Gasteiger partial charge < -0.3 is 9.47 Å². The van der Waals surface area contributed by atoms with Crippen LogP contribution in [0.3, 0.4) is 0 Å². The van der Waals surface area contributed by atoms with Gasteiger partial charge in [0, 0.05) is 18.1 Å². The van der Waals surface area contributed by atoms with Crippen molar-refractivity contribution in [2.45, 2.75) is 17.4 Å². The topological polar surface area (TPSA) is 68.2 Å². The molecule has 31 heavy (non-hydrogen) atoms. The number of benzene rings is 3. The average molecular weight is 440 g/mol. The molecule has 3 aromatic rings. The summed E-state index contributed by atoms with van der Waals surface area (Å²) in [5.74, 6) is 0.748. The quantitative estimate of drug-likeness (QED) is 0.570. The summed E-state index contributed by atoms with van der Waals surface area (Å²) in [6.45, 7) is 0. The predicted octanol–water partition coefficient (Wildman–Crippen LogP) is 4.38. The number of halogens is 1. The Morgan fingerprint density at radius 2 is 1.55 bits per heavy atom. The summed E-state index contributed by atoms with van der Waals surface area (Å²) >= 11 is 0. The zero-order chi connectivity index (χ0) is 22.0. The van der Waals surface area contributed by atoms with Crippen molar-refractivity contribution in [2.24, 2.45) is 5.10 Å². The standard InChI is InChI=1S/C23H21FN2O4S/c1-29-19-12-17(13-20(14-19)30-2)22-15-23(16-8-10-18(24)11-9-16)26(25-22)31(27,28)21-6-4-3-5-7-21/h3-14,23H,15H2,1-2H3. The van der Waals surface area contributed by atoms with Gasteiger partial charge in [0.1, 0.15) is 17.3 Å². The lowest BCUT2D eigenvalue weighted by Crippen LogP contribution is -2.27. The minimum absolute atomic E-state index is 0.135. The number of methoxy groups -OCH3 is 2. The highest BCUT2D eigenvalue weighted by atomic mass is 32.2. The van der Waals surface area contributed by atoms with E-state index in [0.717, 1.165) is 4.41 Å². The van der Waals surface area contributed by atoms with E-state index in [1.54, 1.807) is 62.8 Å². The Labute approximate surface area is 180 Å². The molecule has 1 heterocycles. The SMILES string of the molecule is COc1cc(OC)cc(C2=NN(S(=O)(=O)c3ccccc3)C(c3ccc(F)cc3)C2)c1. The van der Waals surface area contributed by atoms with Crippen molar-refractivity contribution in [3.05, 3.63) is 89.7 Å². The van der Waals surface area contributed by atoms with E-state index in [0.29, 0.717) is 34.8 Å². The Balaban J connectivity index is 1.82. The van der Waals surface area contributed by atoms with Crippen LogP contribution < -0.4 is 9.47 Å². The monoisotopic (exact) mass is 440 g/mol. The van der Waals surface area contributed by atoms with E-state index < -0.39 is 21.9 Å². The Morgan fingerprint density at radius 3 is 2.13 bits per heavy atom. The molecule has 1 atom stereocenters. The van der Waals surface area contributed by atoms with Crippen LogP contribution in [0.1, 0.15) is 23.6 Å². The maximum Gasteiger partial charge on any atom is 0.279 e. The molecule has 0 spiro atoms. The van der Waals surface area contributed by atoms with E-state index in [-0.39, 0.29) is 4.90 Å². The molecule has 0 aromatic heterocycles. The fourth-order valence-corrected chi connectivity index (χ4v) is 4.95. The molecular weight excluding hydrogens is 419 g/mol. The lowest BCUT2D eigenvalue weighted by Gasteiger charge is -2.23. The van der Waals surface area contributed by atoms with Crippen molar-refractivity contribution >= 4 is 15.7 Å². The van der Waals surface area contributed by atoms with E-state index in [1.165, 1.54) is 24.3 Å². The van der Waals surface area contributed by atoms with Gasteiger partial charge in [0.05, 0.1) is 30.9 Å². The van der Waals surface area contributed by atoms with Crippen molar-refractivity contribution in [1.29, 1.82) is 0 Å². The van der Waals surface area contributed by atoms with Gasteiger partial charge >= 0.3 is 0 Å². The van der Waals surface area contributed by atoms with Crippen LogP contribution in [0.25, 0.3) is 0 Å². The molecule has 0 aliphatic carbocycles. The van der Waals surface area contributed by atoms with Crippen molar-refractivity contribution < 1.29 is 22.3 Å². The van der Waals surface area contributed by atoms with Crippen LogP contribution in [0.5, 0.6) is 11.5 Å². The third-order valence-electron chi connectivity index (χ3n) is 5.10. The number of hydrazone groups is 1. The van der Waals surface area contributed by atoms with Crippen molar-refractivity contribution in [3.63, 3.8) is 0 Å². The van der Waals surface area contributed by atoms with Gasteiger partial charge in [0.2, 0.25) is 0 Å². The molecule has 0 N–H and O–H groups in total. The molecule has 160 valence electrons. The summed E-state index contributed by atoms with van der Waals surface area (Å²) in [6.07, 6.45) is 0.314. The minimum Gasteiger partial charge on any atom is -0.497 e. The molecule has 0 bridgehead atoms. The van der Waals surface area contributed by atoms with Gasteiger partial charge in [-0.3, -0.25) is 0 Å². The number of sulfonamides is 1. The molecule has 4 rings (SSSR count). The number of hydrogen-bond acceptors (Lipinski definition) is 5. The highest BCUT2D eigenvalue weighted by Gasteiger charge is 2.37. The summed E-state index contributed by atoms with van der Waals surface area (Å²) in [4.78, 5) is 0.135. The third-order valence-corrected chi connectivity index (χ3v) is 6.80. The van der Waals surface area contributed by atoms with Gasteiger partial charge in [0.15, 0.2) is 0 Å². The molecule has 1 unspecified atom stereocenters. The van der Waals surface area contributed by atoms with Crippen LogP contribution in [-0.2, 0) is 10.0 Å². The van der Waals surface area contributed by atoms with Crippen molar-refractivity contribution in [3.8, 4) is 11.5 Å². The van der Waals surface area contributed by atoms with E-state index in [9.17, 15) is 12.8 Å². The van der Waals surface area contributed by atoms with Gasteiger partial charge in [-0.15, -0.1) is 0 Å². The number of hydrogen-bond donors (Lipinski definition) is 0. The Morgan fingerprint density at radius 1 is 0.935 bits per heavy atom. The number of nitrogens with zero attached hydrogens (tertiary/aromatic N) is 2. The molecule has 1 aliphatic heterocycles. The minimum atomic E-state index is -3.93. The van der Waals surface area contributed by atoms with E-state index in [1.807, 2.05) is 0 Å². The largest absolute Gasteiger partial charge is 0.497 e. The van der Waals surface area contributed by atoms with E-state index >= 15 is 0 Å². The Bertz CT molecular complexity index is 1190. The van der Waals surface area contributed by atoms with Crippen LogP contribution >= 0.6 is 0 Å². The molecule has 0 radical (unpaired) electrons. The first-order valence-electron chi connectivity index (χ1n) is 9.58. The Kier molecular flexibility index (Phi) is 5.65. The molecular formula is C23H21FN2O4S. The van der Waals surface area contributed by atoms with Gasteiger partial charge in [0.25, 0.3) is 10.0 Å². The first kappa shape index (κ1) is 20.9. The van der Waals surface area contributed by atoms with Gasteiger partial charge in [-0.2, -0.15) is 17.9 Å². The van der Waals surface area contributed by atoms with Crippen molar-refractivity contribution in [2.75, 3.05) is 14.2 Å². The molecule has 0 fully saturated rings. The predicted molar refractivity (Wildman–Crippen MR) is 115 cm³/mol. The van der Waals surface area contributed by atoms with Crippen LogP contribution in [0.15, 0.2) is 82.8 Å². The lowest BCUT2D eigenvalue weighted by atomic mass is 9.99. The summed E-state index contributed by atoms with van der Waals surface area (Å²) in [6, 6.07) is 18.6. The normalized spacial score (nSPS) is 16.2. The third kappa shape index (κ3) is 4.11. The number of rotatable bonds is 6. The Hall–Kier alpha value is -3.39.